The number of nitrogens with one attached hydrogen (secondary N) is 1. The SMILES string of the molecule is CNC(=O)N1CCc2cc(N(CC(=O)OC(C)(C)C)S(=O)(=O)c3cc(C)cc(C)c3)ccc21. The van der Waals surface area contributed by atoms with E-state index in [1.54, 1.807) is 63.1 Å². The number of benzene rings is 2. The standard InChI is InChI=1S/C24H31N3O5S/c1-16-11-17(2)13-20(12-16)33(30,31)27(15-22(28)32-24(3,4)5)19-7-8-21-18(14-19)9-10-26(21)23(29)25-6/h7-8,11-14H,9-10,15H2,1-6H3,(H,25,29). The number of sulfonamides is 1. The number of esters is 1. The average molecular weight is 474 g/mol. The van der Waals surface area contributed by atoms with E-state index in [2.05, 4.69) is 5.32 Å². The van der Waals surface area contributed by atoms with E-state index in [1.165, 1.54) is 0 Å². The number of nitrogens with zero attached hydrogens (tertiary/aromatic N) is 2. The monoisotopic (exact) mass is 473 g/mol. The lowest BCUT2D eigenvalue weighted by Crippen LogP contribution is -2.39. The fourth-order valence-electron chi connectivity index (χ4n) is 3.90. The lowest BCUT2D eigenvalue weighted by Gasteiger charge is -2.27. The quantitative estimate of drug-likeness (QED) is 0.670. The number of fused-ring (bicyclic) bond motifs is 1. The molecule has 1 N–H and O–H groups in total. The lowest BCUT2D eigenvalue weighted by molar-refractivity contribution is -0.152. The molecule has 1 aliphatic rings. The van der Waals surface area contributed by atoms with Crippen molar-refractivity contribution in [3.05, 3.63) is 53.1 Å². The molecule has 3 rings (SSSR count). The van der Waals surface area contributed by atoms with Crippen molar-refractivity contribution in [2.45, 2.75) is 51.5 Å². The topological polar surface area (TPSA) is 96.0 Å². The van der Waals surface area contributed by atoms with E-state index < -0.39 is 28.1 Å². The van der Waals surface area contributed by atoms with Gasteiger partial charge in [0.15, 0.2) is 0 Å². The minimum absolute atomic E-state index is 0.107. The van der Waals surface area contributed by atoms with Crippen molar-refractivity contribution >= 4 is 33.4 Å². The molecule has 0 spiro atoms. The molecule has 9 heteroatoms. The largest absolute Gasteiger partial charge is 0.459 e. The lowest BCUT2D eigenvalue weighted by atomic mass is 10.1. The van der Waals surface area contributed by atoms with Crippen molar-refractivity contribution < 1.29 is 22.7 Å². The van der Waals surface area contributed by atoms with Gasteiger partial charge in [0.05, 0.1) is 10.6 Å². The minimum Gasteiger partial charge on any atom is -0.459 e. The summed E-state index contributed by atoms with van der Waals surface area (Å²) in [6.07, 6.45) is 0.584. The van der Waals surface area contributed by atoms with Gasteiger partial charge in [-0.15, -0.1) is 0 Å². The summed E-state index contributed by atoms with van der Waals surface area (Å²) >= 11 is 0. The second kappa shape index (κ2) is 9.05. The normalized spacial score (nSPS) is 13.5. The van der Waals surface area contributed by atoms with Gasteiger partial charge >= 0.3 is 12.0 Å². The molecule has 2 aromatic carbocycles. The first kappa shape index (κ1) is 24.6. The molecule has 0 saturated heterocycles. The average Bonchev–Trinajstić information content (AvgIpc) is 3.12. The Morgan fingerprint density at radius 1 is 1.09 bits per heavy atom. The molecule has 0 bridgehead atoms. The summed E-state index contributed by atoms with van der Waals surface area (Å²) < 4.78 is 33.9. The molecule has 0 aliphatic carbocycles. The van der Waals surface area contributed by atoms with Crippen molar-refractivity contribution in [3.8, 4) is 0 Å². The van der Waals surface area contributed by atoms with Crippen LogP contribution in [-0.2, 0) is 26.0 Å². The Morgan fingerprint density at radius 3 is 2.30 bits per heavy atom. The van der Waals surface area contributed by atoms with Gasteiger partial charge in [-0.1, -0.05) is 6.07 Å². The maximum absolute atomic E-state index is 13.7. The van der Waals surface area contributed by atoms with Crippen molar-refractivity contribution in [1.82, 2.24) is 5.32 Å². The highest BCUT2D eigenvalue weighted by Crippen LogP contribution is 2.34. The van der Waals surface area contributed by atoms with Gasteiger partial charge in [0.1, 0.15) is 12.1 Å². The smallest absolute Gasteiger partial charge is 0.327 e. The van der Waals surface area contributed by atoms with Crippen LogP contribution in [0.1, 0.15) is 37.5 Å². The van der Waals surface area contributed by atoms with E-state index in [-0.39, 0.29) is 10.9 Å². The molecule has 178 valence electrons. The molecule has 0 radical (unpaired) electrons. The third kappa shape index (κ3) is 5.47. The summed E-state index contributed by atoms with van der Waals surface area (Å²) in [5.41, 5.74) is 2.76. The highest BCUT2D eigenvalue weighted by Gasteiger charge is 2.32. The van der Waals surface area contributed by atoms with E-state index in [0.717, 1.165) is 26.7 Å². The van der Waals surface area contributed by atoms with Gasteiger partial charge in [0.25, 0.3) is 10.0 Å². The van der Waals surface area contributed by atoms with Crippen LogP contribution in [0.15, 0.2) is 41.3 Å². The van der Waals surface area contributed by atoms with Crippen LogP contribution < -0.4 is 14.5 Å². The molecule has 0 aromatic heterocycles. The van der Waals surface area contributed by atoms with Crippen LogP contribution in [0.25, 0.3) is 0 Å². The number of hydrogen-bond acceptors (Lipinski definition) is 5. The summed E-state index contributed by atoms with van der Waals surface area (Å²) in [6.45, 7) is 8.88. The molecule has 2 aromatic rings. The van der Waals surface area contributed by atoms with Gasteiger partial charge in [-0.3, -0.25) is 14.0 Å². The molecular weight excluding hydrogens is 442 g/mol. The fraction of sp³-hybridized carbons (Fsp3) is 0.417. The maximum Gasteiger partial charge on any atom is 0.327 e. The van der Waals surface area contributed by atoms with Crippen LogP contribution in [-0.4, -0.2) is 46.2 Å². The molecular formula is C24H31N3O5S. The second-order valence-electron chi connectivity index (χ2n) is 9.19. The Kier molecular flexibility index (Phi) is 6.74. The molecule has 0 saturated carbocycles. The van der Waals surface area contributed by atoms with Crippen molar-refractivity contribution in [2.24, 2.45) is 0 Å². The van der Waals surface area contributed by atoms with Crippen molar-refractivity contribution in [1.29, 1.82) is 0 Å². The third-order valence-corrected chi connectivity index (χ3v) is 6.93. The zero-order valence-corrected chi connectivity index (χ0v) is 20.7. The number of rotatable bonds is 5. The summed E-state index contributed by atoms with van der Waals surface area (Å²) in [4.78, 5) is 26.5. The zero-order valence-electron chi connectivity index (χ0n) is 19.9. The van der Waals surface area contributed by atoms with E-state index in [1.807, 2.05) is 19.9 Å². The summed E-state index contributed by atoms with van der Waals surface area (Å²) in [5.74, 6) is -0.650. The van der Waals surface area contributed by atoms with Gasteiger partial charge in [-0.25, -0.2) is 13.2 Å². The highest BCUT2D eigenvalue weighted by molar-refractivity contribution is 7.92. The van der Waals surface area contributed by atoms with Crippen LogP contribution in [0, 0.1) is 13.8 Å². The van der Waals surface area contributed by atoms with Crippen LogP contribution >= 0.6 is 0 Å². The number of urea groups is 1. The number of aryl methyl sites for hydroxylation is 2. The molecule has 0 fully saturated rings. The Labute approximate surface area is 195 Å². The third-order valence-electron chi connectivity index (χ3n) is 5.18. The number of hydrogen-bond donors (Lipinski definition) is 1. The molecule has 2 amide bonds. The van der Waals surface area contributed by atoms with Gasteiger partial charge in [-0.05, 0) is 88.1 Å². The highest BCUT2D eigenvalue weighted by atomic mass is 32.2. The first-order chi connectivity index (χ1) is 15.3. The fourth-order valence-corrected chi connectivity index (χ4v) is 5.49. The Balaban J connectivity index is 2.06. The van der Waals surface area contributed by atoms with Gasteiger partial charge in [0, 0.05) is 19.3 Å². The van der Waals surface area contributed by atoms with Crippen LogP contribution in [0.2, 0.25) is 0 Å². The number of carbonyl (C=O) groups is 2. The van der Waals surface area contributed by atoms with Gasteiger partial charge in [0.2, 0.25) is 0 Å². The molecule has 8 nitrogen and oxygen atoms in total. The van der Waals surface area contributed by atoms with Crippen LogP contribution in [0.4, 0.5) is 16.2 Å². The summed E-state index contributed by atoms with van der Waals surface area (Å²) in [7, 11) is -2.50. The van der Waals surface area contributed by atoms with Crippen LogP contribution in [0.5, 0.6) is 0 Å². The van der Waals surface area contributed by atoms with E-state index in [4.69, 9.17) is 4.74 Å². The Hall–Kier alpha value is -3.07. The first-order valence-corrected chi connectivity index (χ1v) is 12.2. The maximum atomic E-state index is 13.7. The second-order valence-corrected chi connectivity index (χ2v) is 11.1. The molecule has 0 atom stereocenters. The number of amides is 2. The Morgan fingerprint density at radius 2 is 1.73 bits per heavy atom. The van der Waals surface area contributed by atoms with E-state index >= 15 is 0 Å². The summed E-state index contributed by atoms with van der Waals surface area (Å²) in [5, 5.41) is 2.61. The first-order valence-electron chi connectivity index (χ1n) is 10.8. The molecule has 0 unspecified atom stereocenters. The van der Waals surface area contributed by atoms with Crippen molar-refractivity contribution in [2.75, 3.05) is 29.3 Å². The zero-order chi connectivity index (χ0) is 24.6. The number of carbonyl (C=O) groups excluding carboxylic acids is 2. The molecule has 1 heterocycles. The number of anilines is 2. The molecule has 1 aliphatic heterocycles. The Bertz CT molecular complexity index is 1160. The van der Waals surface area contributed by atoms with Gasteiger partial charge in [-0.2, -0.15) is 0 Å². The van der Waals surface area contributed by atoms with E-state index in [0.29, 0.717) is 18.7 Å². The van der Waals surface area contributed by atoms with Crippen molar-refractivity contribution in [3.63, 3.8) is 0 Å². The van der Waals surface area contributed by atoms with Gasteiger partial charge < -0.3 is 10.1 Å². The molecule has 33 heavy (non-hydrogen) atoms. The summed E-state index contributed by atoms with van der Waals surface area (Å²) in [6, 6.07) is 9.89. The minimum atomic E-state index is -4.06. The number of ether oxygens (including phenoxy) is 1. The predicted octanol–water partition coefficient (Wildman–Crippen LogP) is 3.54. The predicted molar refractivity (Wildman–Crippen MR) is 128 cm³/mol. The van der Waals surface area contributed by atoms with Crippen LogP contribution in [0.3, 0.4) is 0 Å². The van der Waals surface area contributed by atoms with E-state index in [9.17, 15) is 18.0 Å².